The van der Waals surface area contributed by atoms with Crippen LogP contribution in [0, 0.1) is 0 Å². The summed E-state index contributed by atoms with van der Waals surface area (Å²) < 4.78 is 4.94. The highest BCUT2D eigenvalue weighted by Crippen LogP contribution is 2.22. The van der Waals surface area contributed by atoms with Crippen LogP contribution in [-0.4, -0.2) is 0 Å². The molecule has 0 bridgehead atoms. The molecule has 0 radical (unpaired) electrons. The first-order valence-corrected chi connectivity index (χ1v) is 5.71. The number of hydrogen-bond donors (Lipinski definition) is 0. The predicted molar refractivity (Wildman–Crippen MR) is 68.6 cm³/mol. The van der Waals surface area contributed by atoms with Crippen LogP contribution in [0.5, 0.6) is 0 Å². The topological polar surface area (TPSA) is 47.3 Å². The van der Waals surface area contributed by atoms with Crippen molar-refractivity contribution in [2.45, 2.75) is 52.4 Å². The van der Waals surface area contributed by atoms with Crippen molar-refractivity contribution in [2.24, 2.45) is 0 Å². The minimum Gasteiger partial charge on any atom is -0.431 e. The van der Waals surface area contributed by atoms with E-state index in [1.165, 1.54) is 12.3 Å². The van der Waals surface area contributed by atoms with Crippen LogP contribution in [0.1, 0.15) is 52.7 Å². The summed E-state index contributed by atoms with van der Waals surface area (Å²) in [6.45, 7) is 11.5. The van der Waals surface area contributed by atoms with E-state index in [1.807, 2.05) is 41.5 Å². The molecular formula is C14H20O3. The van der Waals surface area contributed by atoms with Crippen molar-refractivity contribution < 1.29 is 4.42 Å². The fourth-order valence-corrected chi connectivity index (χ4v) is 1.61. The van der Waals surface area contributed by atoms with Gasteiger partial charge in [0.15, 0.2) is 5.43 Å². The molecule has 0 spiro atoms. The molecule has 1 aromatic rings. The van der Waals surface area contributed by atoms with E-state index in [0.29, 0.717) is 11.1 Å². The molecule has 0 fully saturated rings. The number of hydrogen-bond acceptors (Lipinski definition) is 3. The van der Waals surface area contributed by atoms with Gasteiger partial charge in [0.25, 0.3) is 0 Å². The van der Waals surface area contributed by atoms with Gasteiger partial charge in [-0.15, -0.1) is 0 Å². The Kier molecular flexibility index (Phi) is 3.33. The van der Waals surface area contributed by atoms with Gasteiger partial charge in [-0.2, -0.15) is 0 Å². The molecule has 3 nitrogen and oxygen atoms in total. The monoisotopic (exact) mass is 236 g/mol. The maximum atomic E-state index is 12.4. The van der Waals surface area contributed by atoms with Crippen molar-refractivity contribution in [3.05, 3.63) is 44.1 Å². The van der Waals surface area contributed by atoms with Crippen molar-refractivity contribution >= 4 is 0 Å². The summed E-state index contributed by atoms with van der Waals surface area (Å²) in [5.41, 5.74) is -0.263. The molecule has 0 saturated heterocycles. The molecule has 0 aliphatic heterocycles. The van der Waals surface area contributed by atoms with Crippen molar-refractivity contribution in [1.29, 1.82) is 0 Å². The van der Waals surface area contributed by atoms with E-state index in [9.17, 15) is 9.59 Å². The summed E-state index contributed by atoms with van der Waals surface area (Å²) in [5.74, 6) is 0. The van der Waals surface area contributed by atoms with Gasteiger partial charge in [0, 0.05) is 17.2 Å². The lowest BCUT2D eigenvalue weighted by atomic mass is 9.82. The Labute approximate surface area is 101 Å². The van der Waals surface area contributed by atoms with Gasteiger partial charge in [-0.3, -0.25) is 4.79 Å². The normalized spacial score (nSPS) is 12.6. The van der Waals surface area contributed by atoms with Crippen LogP contribution in [0.3, 0.4) is 0 Å². The van der Waals surface area contributed by atoms with Gasteiger partial charge in [0.2, 0.25) is 0 Å². The van der Waals surface area contributed by atoms with Crippen molar-refractivity contribution in [1.82, 2.24) is 0 Å². The Morgan fingerprint density at radius 1 is 0.882 bits per heavy atom. The standard InChI is InChI=1S/C14H20O3/c1-13(2,3)9-7-11(15)17-8-10(12(9)16)14(4,5)6/h7-8H,1-6H3. The van der Waals surface area contributed by atoms with Gasteiger partial charge in [-0.25, -0.2) is 4.79 Å². The average Bonchev–Trinajstić information content (AvgIpc) is 2.23. The van der Waals surface area contributed by atoms with E-state index in [1.54, 1.807) is 0 Å². The van der Waals surface area contributed by atoms with E-state index in [0.717, 1.165) is 0 Å². The van der Waals surface area contributed by atoms with E-state index in [4.69, 9.17) is 4.42 Å². The quantitative estimate of drug-likeness (QED) is 0.695. The van der Waals surface area contributed by atoms with Crippen LogP contribution >= 0.6 is 0 Å². The highest BCUT2D eigenvalue weighted by atomic mass is 16.4. The molecule has 0 aliphatic carbocycles. The Balaban J connectivity index is 3.78. The lowest BCUT2D eigenvalue weighted by Gasteiger charge is -2.20. The molecule has 0 aliphatic rings. The van der Waals surface area contributed by atoms with Crippen molar-refractivity contribution in [3.63, 3.8) is 0 Å². The minimum absolute atomic E-state index is 0.101. The van der Waals surface area contributed by atoms with Gasteiger partial charge < -0.3 is 4.42 Å². The molecule has 0 N–H and O–H groups in total. The van der Waals surface area contributed by atoms with Crippen LogP contribution in [0.25, 0.3) is 0 Å². The van der Waals surface area contributed by atoms with E-state index < -0.39 is 5.63 Å². The molecule has 0 saturated carbocycles. The summed E-state index contributed by atoms with van der Waals surface area (Å²) in [6.07, 6.45) is 1.29. The second kappa shape index (κ2) is 4.13. The molecule has 1 rings (SSSR count). The summed E-state index contributed by atoms with van der Waals surface area (Å²) in [7, 11) is 0. The Morgan fingerprint density at radius 3 is 1.76 bits per heavy atom. The van der Waals surface area contributed by atoms with Crippen molar-refractivity contribution in [3.8, 4) is 0 Å². The first kappa shape index (κ1) is 13.7. The molecular weight excluding hydrogens is 216 g/mol. The second-order valence-electron chi connectivity index (χ2n) is 6.36. The van der Waals surface area contributed by atoms with Gasteiger partial charge in [0.1, 0.15) is 6.26 Å². The summed E-state index contributed by atoms with van der Waals surface area (Å²) in [4.78, 5) is 23.9. The van der Waals surface area contributed by atoms with E-state index >= 15 is 0 Å². The zero-order chi connectivity index (χ0) is 13.4. The maximum Gasteiger partial charge on any atom is 0.336 e. The SMILES string of the molecule is CC(C)(C)c1coc(=O)cc(C(C)(C)C)c1=O. The first-order valence-electron chi connectivity index (χ1n) is 5.71. The Hall–Kier alpha value is -1.38. The highest BCUT2D eigenvalue weighted by molar-refractivity contribution is 5.27. The van der Waals surface area contributed by atoms with Gasteiger partial charge >= 0.3 is 5.63 Å². The minimum atomic E-state index is -0.484. The summed E-state index contributed by atoms with van der Waals surface area (Å²) in [5, 5.41) is 0. The third-order valence-corrected chi connectivity index (χ3v) is 2.66. The van der Waals surface area contributed by atoms with E-state index in [2.05, 4.69) is 0 Å². The zero-order valence-corrected chi connectivity index (χ0v) is 11.4. The highest BCUT2D eigenvalue weighted by Gasteiger charge is 2.24. The Bertz CT molecular complexity index is 525. The van der Waals surface area contributed by atoms with Gasteiger partial charge in [-0.05, 0) is 10.8 Å². The molecule has 0 atom stereocenters. The second-order valence-corrected chi connectivity index (χ2v) is 6.36. The molecule has 0 unspecified atom stereocenters. The smallest absolute Gasteiger partial charge is 0.336 e. The Morgan fingerprint density at radius 2 is 1.35 bits per heavy atom. The average molecular weight is 236 g/mol. The largest absolute Gasteiger partial charge is 0.431 e. The van der Waals surface area contributed by atoms with Crippen LogP contribution in [0.2, 0.25) is 0 Å². The lowest BCUT2D eigenvalue weighted by molar-refractivity contribution is 0.486. The van der Waals surface area contributed by atoms with Gasteiger partial charge in [0.05, 0.1) is 0 Å². The molecule has 17 heavy (non-hydrogen) atoms. The van der Waals surface area contributed by atoms with Crippen LogP contribution in [0.4, 0.5) is 0 Å². The third-order valence-electron chi connectivity index (χ3n) is 2.66. The maximum absolute atomic E-state index is 12.4. The van der Waals surface area contributed by atoms with Crippen LogP contribution in [0.15, 0.2) is 26.3 Å². The molecule has 94 valence electrons. The predicted octanol–water partition coefficient (Wildman–Crippen LogP) is 2.60. The fraction of sp³-hybridized carbons (Fsp3) is 0.571. The fourth-order valence-electron chi connectivity index (χ4n) is 1.61. The summed E-state index contributed by atoms with van der Waals surface area (Å²) >= 11 is 0. The van der Waals surface area contributed by atoms with Gasteiger partial charge in [-0.1, -0.05) is 41.5 Å². The summed E-state index contributed by atoms with van der Waals surface area (Å²) in [6, 6.07) is 1.30. The molecule has 1 heterocycles. The zero-order valence-electron chi connectivity index (χ0n) is 11.4. The lowest BCUT2D eigenvalue weighted by Crippen LogP contribution is -2.28. The molecule has 3 heteroatoms. The third kappa shape index (κ3) is 3.05. The van der Waals surface area contributed by atoms with Crippen LogP contribution in [-0.2, 0) is 10.8 Å². The van der Waals surface area contributed by atoms with Crippen molar-refractivity contribution in [2.75, 3.05) is 0 Å². The molecule has 1 aromatic heterocycles. The van der Waals surface area contributed by atoms with E-state index in [-0.39, 0.29) is 16.3 Å². The first-order chi connectivity index (χ1) is 7.53. The molecule has 0 aromatic carbocycles. The number of rotatable bonds is 0. The van der Waals surface area contributed by atoms with Crippen LogP contribution < -0.4 is 11.1 Å². The molecule has 0 amide bonds.